The van der Waals surface area contributed by atoms with Crippen molar-refractivity contribution in [1.29, 1.82) is 0 Å². The number of hydrogen-bond donors (Lipinski definition) is 1. The van der Waals surface area contributed by atoms with Gasteiger partial charge in [0.25, 0.3) is 11.7 Å². The first kappa shape index (κ1) is 24.5. The van der Waals surface area contributed by atoms with E-state index in [4.69, 9.17) is 9.47 Å². The Balaban J connectivity index is 1.90. The third-order valence-electron chi connectivity index (χ3n) is 5.44. The van der Waals surface area contributed by atoms with Gasteiger partial charge in [-0.1, -0.05) is 25.8 Å². The van der Waals surface area contributed by atoms with Gasteiger partial charge in [-0.2, -0.15) is 0 Å². The molecule has 1 aliphatic rings. The van der Waals surface area contributed by atoms with Gasteiger partial charge in [0, 0.05) is 18.3 Å². The first-order valence-corrected chi connectivity index (χ1v) is 11.5. The zero-order chi connectivity index (χ0) is 23.8. The molecule has 2 aromatic rings. The van der Waals surface area contributed by atoms with Gasteiger partial charge in [-0.05, 0) is 56.7 Å². The number of pyridine rings is 1. The highest BCUT2D eigenvalue weighted by molar-refractivity contribution is 6.46. The second-order valence-corrected chi connectivity index (χ2v) is 8.25. The highest BCUT2D eigenvalue weighted by Crippen LogP contribution is 2.38. The Labute approximate surface area is 195 Å². The summed E-state index contributed by atoms with van der Waals surface area (Å²) in [7, 11) is 0. The lowest BCUT2D eigenvalue weighted by Crippen LogP contribution is -2.33. The van der Waals surface area contributed by atoms with E-state index in [0.717, 1.165) is 19.3 Å². The number of ether oxygens (including phenoxy) is 2. The van der Waals surface area contributed by atoms with E-state index >= 15 is 0 Å². The summed E-state index contributed by atoms with van der Waals surface area (Å²) in [4.78, 5) is 31.6. The second kappa shape index (κ2) is 11.6. The average molecular weight is 453 g/mol. The fraction of sp³-hybridized carbons (Fsp3) is 0.423. The fourth-order valence-corrected chi connectivity index (χ4v) is 3.75. The molecule has 1 aliphatic heterocycles. The number of ketones is 1. The van der Waals surface area contributed by atoms with E-state index < -0.39 is 17.7 Å². The van der Waals surface area contributed by atoms with E-state index in [9.17, 15) is 14.7 Å². The molecule has 0 radical (unpaired) electrons. The summed E-state index contributed by atoms with van der Waals surface area (Å²) >= 11 is 0. The van der Waals surface area contributed by atoms with Crippen molar-refractivity contribution < 1.29 is 24.2 Å². The minimum Gasteiger partial charge on any atom is -0.507 e. The number of likely N-dealkylation sites (tertiary alicyclic amines) is 1. The molecule has 1 aromatic carbocycles. The molecule has 0 bridgehead atoms. The van der Waals surface area contributed by atoms with Crippen molar-refractivity contribution >= 4 is 17.4 Å². The van der Waals surface area contributed by atoms with Crippen LogP contribution in [-0.4, -0.2) is 52.5 Å². The van der Waals surface area contributed by atoms with E-state index in [0.29, 0.717) is 23.6 Å². The topological polar surface area (TPSA) is 89.0 Å². The second-order valence-electron chi connectivity index (χ2n) is 8.25. The molecule has 1 amide bonds. The maximum atomic E-state index is 13.0. The molecule has 0 spiro atoms. The number of Topliss-reactive ketones (excluding diaryl/α,β-unsaturated/α-hetero) is 1. The van der Waals surface area contributed by atoms with Gasteiger partial charge in [0.15, 0.2) is 0 Å². The number of hydrogen-bond acceptors (Lipinski definition) is 6. The van der Waals surface area contributed by atoms with Crippen LogP contribution in [0.15, 0.2) is 54.2 Å². The summed E-state index contributed by atoms with van der Waals surface area (Å²) in [6, 6.07) is 11.4. The fourth-order valence-electron chi connectivity index (χ4n) is 3.75. The van der Waals surface area contributed by atoms with Gasteiger partial charge in [-0.25, -0.2) is 0 Å². The zero-order valence-electron chi connectivity index (χ0n) is 19.5. The number of carbonyl (C=O) groups excluding carboxylic acids is 2. The van der Waals surface area contributed by atoms with Crippen LogP contribution in [0.2, 0.25) is 0 Å². The van der Waals surface area contributed by atoms with Gasteiger partial charge in [0.2, 0.25) is 0 Å². The number of carbonyl (C=O) groups is 2. The Morgan fingerprint density at radius 1 is 1.09 bits per heavy atom. The van der Waals surface area contributed by atoms with E-state index in [1.54, 1.807) is 48.7 Å². The molecule has 1 atom stereocenters. The summed E-state index contributed by atoms with van der Waals surface area (Å²) in [5.41, 5.74) is 0.979. The van der Waals surface area contributed by atoms with Crippen molar-refractivity contribution in [1.82, 2.24) is 9.88 Å². The molecule has 1 unspecified atom stereocenters. The van der Waals surface area contributed by atoms with E-state index in [1.165, 1.54) is 4.90 Å². The Hall–Kier alpha value is -3.19. The number of nitrogens with zero attached hydrogens (tertiary/aromatic N) is 2. The van der Waals surface area contributed by atoms with Crippen LogP contribution in [0.4, 0.5) is 0 Å². The minimum atomic E-state index is -0.785. The maximum Gasteiger partial charge on any atom is 0.295 e. The van der Waals surface area contributed by atoms with Crippen molar-refractivity contribution in [3.63, 3.8) is 0 Å². The van der Waals surface area contributed by atoms with Crippen molar-refractivity contribution in [2.24, 2.45) is 0 Å². The number of benzene rings is 1. The molecule has 2 heterocycles. The Morgan fingerprint density at radius 3 is 2.48 bits per heavy atom. The molecule has 33 heavy (non-hydrogen) atoms. The number of aliphatic hydroxyl groups is 1. The Kier molecular flexibility index (Phi) is 8.60. The van der Waals surface area contributed by atoms with Crippen LogP contribution >= 0.6 is 0 Å². The molecule has 7 heteroatoms. The molecule has 1 fully saturated rings. The van der Waals surface area contributed by atoms with E-state index in [1.807, 2.05) is 13.8 Å². The van der Waals surface area contributed by atoms with E-state index in [-0.39, 0.29) is 30.6 Å². The quantitative estimate of drug-likeness (QED) is 0.234. The van der Waals surface area contributed by atoms with Crippen molar-refractivity contribution in [3.8, 4) is 5.75 Å². The predicted molar refractivity (Wildman–Crippen MR) is 126 cm³/mol. The molecule has 1 saturated heterocycles. The smallest absolute Gasteiger partial charge is 0.295 e. The van der Waals surface area contributed by atoms with Crippen LogP contribution in [-0.2, 0) is 14.3 Å². The highest BCUT2D eigenvalue weighted by Gasteiger charge is 2.46. The van der Waals surface area contributed by atoms with Gasteiger partial charge in [0.1, 0.15) is 17.6 Å². The van der Waals surface area contributed by atoms with Crippen LogP contribution in [0.3, 0.4) is 0 Å². The summed E-state index contributed by atoms with van der Waals surface area (Å²) < 4.78 is 11.3. The average Bonchev–Trinajstić information content (AvgIpc) is 3.07. The van der Waals surface area contributed by atoms with E-state index in [2.05, 4.69) is 11.9 Å². The van der Waals surface area contributed by atoms with Crippen LogP contribution < -0.4 is 4.74 Å². The van der Waals surface area contributed by atoms with Gasteiger partial charge in [-0.3, -0.25) is 14.6 Å². The lowest BCUT2D eigenvalue weighted by molar-refractivity contribution is -0.140. The highest BCUT2D eigenvalue weighted by atomic mass is 16.5. The lowest BCUT2D eigenvalue weighted by Gasteiger charge is -2.24. The van der Waals surface area contributed by atoms with Crippen LogP contribution in [0.5, 0.6) is 5.75 Å². The Morgan fingerprint density at radius 2 is 1.85 bits per heavy atom. The Bertz CT molecular complexity index is 970. The normalized spacial score (nSPS) is 17.7. The summed E-state index contributed by atoms with van der Waals surface area (Å²) in [6.07, 6.45) is 4.80. The SMILES string of the molecule is CCCCCOc1ccc(/C(O)=C2/C(=O)C(=O)N(CCOC(C)C)C2c2ccccn2)cc1. The number of amides is 1. The van der Waals surface area contributed by atoms with Crippen LogP contribution in [0.1, 0.15) is 57.3 Å². The van der Waals surface area contributed by atoms with Crippen molar-refractivity contribution in [2.45, 2.75) is 52.2 Å². The summed E-state index contributed by atoms with van der Waals surface area (Å²) in [6.45, 7) is 7.06. The first-order chi connectivity index (χ1) is 15.9. The number of aromatic nitrogens is 1. The number of unbranched alkanes of at least 4 members (excludes halogenated alkanes) is 2. The molecule has 1 aromatic heterocycles. The maximum absolute atomic E-state index is 13.0. The first-order valence-electron chi connectivity index (χ1n) is 11.5. The van der Waals surface area contributed by atoms with Crippen molar-refractivity contribution in [3.05, 3.63) is 65.5 Å². The van der Waals surface area contributed by atoms with Gasteiger partial charge in [0.05, 0.1) is 30.6 Å². The molecule has 0 aliphatic carbocycles. The summed E-state index contributed by atoms with van der Waals surface area (Å²) in [5, 5.41) is 11.1. The minimum absolute atomic E-state index is 0.00201. The number of aliphatic hydroxyl groups excluding tert-OH is 1. The molecule has 1 N–H and O–H groups in total. The largest absolute Gasteiger partial charge is 0.507 e. The zero-order valence-corrected chi connectivity index (χ0v) is 19.5. The monoisotopic (exact) mass is 452 g/mol. The molecule has 176 valence electrons. The summed E-state index contributed by atoms with van der Waals surface area (Å²) in [5.74, 6) is -0.938. The standard InChI is InChI=1S/C26H32N2O5/c1-4-5-8-16-33-20-12-10-19(11-13-20)24(29)22-23(21-9-6-7-14-27-21)28(26(31)25(22)30)15-17-32-18(2)3/h6-7,9-14,18,23,29H,4-5,8,15-17H2,1-3H3/b24-22-. The van der Waals surface area contributed by atoms with Crippen molar-refractivity contribution in [2.75, 3.05) is 19.8 Å². The molecule has 7 nitrogen and oxygen atoms in total. The van der Waals surface area contributed by atoms with Crippen LogP contribution in [0, 0.1) is 0 Å². The number of rotatable bonds is 11. The van der Waals surface area contributed by atoms with Crippen LogP contribution in [0.25, 0.3) is 5.76 Å². The third kappa shape index (κ3) is 5.99. The van der Waals surface area contributed by atoms with Gasteiger partial charge in [-0.15, -0.1) is 0 Å². The molecular weight excluding hydrogens is 420 g/mol. The predicted octanol–water partition coefficient (Wildman–Crippen LogP) is 4.50. The van der Waals surface area contributed by atoms with Gasteiger partial charge < -0.3 is 19.5 Å². The third-order valence-corrected chi connectivity index (χ3v) is 5.44. The molecule has 0 saturated carbocycles. The molecular formula is C26H32N2O5. The van der Waals surface area contributed by atoms with Gasteiger partial charge >= 0.3 is 0 Å². The molecule has 3 rings (SSSR count). The lowest BCUT2D eigenvalue weighted by atomic mass is 9.98.